The number of nitro benzene ring substituents is 1. The summed E-state index contributed by atoms with van der Waals surface area (Å²) in [6, 6.07) is 6.21. The van der Waals surface area contributed by atoms with Gasteiger partial charge in [-0.3, -0.25) is 24.5 Å². The zero-order chi connectivity index (χ0) is 45.8. The molecular formula is C41H44N2O20. The number of amides is 1. The number of aliphatic hydroxyl groups excluding tert-OH is 6. The third-order valence-electron chi connectivity index (χ3n) is 12.0. The number of benzene rings is 3. The largest absolute Gasteiger partial charge is 0.507 e. The molecule has 2 heterocycles. The van der Waals surface area contributed by atoms with Crippen molar-refractivity contribution in [2.24, 2.45) is 0 Å². The van der Waals surface area contributed by atoms with E-state index in [0.717, 1.165) is 12.1 Å². The van der Waals surface area contributed by atoms with Gasteiger partial charge in [-0.1, -0.05) is 12.1 Å². The van der Waals surface area contributed by atoms with Crippen LogP contribution < -0.4 is 10.1 Å². The van der Waals surface area contributed by atoms with Crippen LogP contribution in [0.25, 0.3) is 0 Å². The Morgan fingerprint density at radius 2 is 1.67 bits per heavy atom. The van der Waals surface area contributed by atoms with Gasteiger partial charge in [0.2, 0.25) is 5.78 Å². The minimum atomic E-state index is -2.45. The van der Waals surface area contributed by atoms with Gasteiger partial charge < -0.3 is 75.0 Å². The first kappa shape index (κ1) is 45.4. The summed E-state index contributed by atoms with van der Waals surface area (Å²) in [4.78, 5) is 65.0. The number of carbonyl (C=O) groups is 4. The number of aliphatic hydroxyl groups is 7. The van der Waals surface area contributed by atoms with Crippen molar-refractivity contribution in [3.05, 3.63) is 91.0 Å². The number of ether oxygens (including phenoxy) is 5. The Labute approximate surface area is 355 Å². The van der Waals surface area contributed by atoms with Gasteiger partial charge in [-0.15, -0.1) is 0 Å². The summed E-state index contributed by atoms with van der Waals surface area (Å²) >= 11 is 0. The van der Waals surface area contributed by atoms with E-state index in [9.17, 15) is 75.3 Å². The molecule has 4 aliphatic rings. The number of nitrogens with one attached hydrogen (secondary N) is 1. The Morgan fingerprint density at radius 1 is 0.952 bits per heavy atom. The third-order valence-corrected chi connectivity index (χ3v) is 12.0. The summed E-state index contributed by atoms with van der Waals surface area (Å²) in [5, 5.41) is 111. The molecule has 11 atom stereocenters. The Morgan fingerprint density at radius 3 is 2.33 bits per heavy atom. The van der Waals surface area contributed by atoms with Crippen LogP contribution in [0.5, 0.6) is 17.2 Å². The number of rotatable bonds is 11. The van der Waals surface area contributed by atoms with Gasteiger partial charge in [0.25, 0.3) is 5.69 Å². The Balaban J connectivity index is 1.15. The van der Waals surface area contributed by atoms with Gasteiger partial charge in [-0.25, -0.2) is 4.79 Å². The van der Waals surface area contributed by atoms with Gasteiger partial charge in [0.05, 0.1) is 53.6 Å². The summed E-state index contributed by atoms with van der Waals surface area (Å²) in [5.74, 6) is -4.52. The first-order chi connectivity index (χ1) is 29.8. The predicted molar refractivity (Wildman–Crippen MR) is 207 cm³/mol. The van der Waals surface area contributed by atoms with Crippen LogP contribution in [0.15, 0.2) is 36.4 Å². The molecule has 4 unspecified atom stereocenters. The summed E-state index contributed by atoms with van der Waals surface area (Å²) < 4.78 is 28.3. The molecule has 0 bridgehead atoms. The molecule has 2 saturated heterocycles. The summed E-state index contributed by atoms with van der Waals surface area (Å²) in [5.41, 5.74) is -5.14. The average molecular weight is 885 g/mol. The van der Waals surface area contributed by atoms with Crippen LogP contribution in [0, 0.1) is 10.1 Å². The molecule has 0 spiro atoms. The monoisotopic (exact) mass is 884 g/mol. The minimum absolute atomic E-state index is 0.00312. The van der Waals surface area contributed by atoms with Gasteiger partial charge in [0.15, 0.2) is 17.9 Å². The average Bonchev–Trinajstić information content (AvgIpc) is 3.26. The van der Waals surface area contributed by atoms with E-state index in [2.05, 4.69) is 5.32 Å². The minimum Gasteiger partial charge on any atom is -0.507 e. The number of fused-ring (bicyclic) bond motifs is 3. The van der Waals surface area contributed by atoms with E-state index >= 15 is 0 Å². The van der Waals surface area contributed by atoms with Gasteiger partial charge in [-0.2, -0.15) is 0 Å². The third kappa shape index (κ3) is 7.99. The zero-order valence-electron chi connectivity index (χ0n) is 33.4. The lowest BCUT2D eigenvalue weighted by Crippen LogP contribution is -2.56. The number of phenols is 2. The van der Waals surface area contributed by atoms with Crippen LogP contribution in [0.3, 0.4) is 0 Å². The maximum Gasteiger partial charge on any atom is 0.407 e. The van der Waals surface area contributed by atoms with Crippen molar-refractivity contribution in [1.29, 1.82) is 0 Å². The SMILES string of the molecule is COc1cccc2c1C(=O)c1c(O)c3c(c(O)c1C2=O)C[C@@](O)(C(=O)CO)C[C@@H]3OC1CC(NC(=O)OCc2cc([N+](=O)[O-])ccc2[C@@H]2O[C@H](CO)[C@H](O)[C@H](O)[C@H]2O)C(O)C(C)O1. The highest BCUT2D eigenvalue weighted by molar-refractivity contribution is 6.31. The lowest BCUT2D eigenvalue weighted by Gasteiger charge is -2.42. The van der Waals surface area contributed by atoms with E-state index in [1.807, 2.05) is 0 Å². The fraction of sp³-hybridized carbons (Fsp3) is 0.463. The normalized spacial score (nSPS) is 30.1. The van der Waals surface area contributed by atoms with Crippen molar-refractivity contribution in [2.45, 2.75) is 99.6 Å². The zero-order valence-corrected chi connectivity index (χ0v) is 33.4. The van der Waals surface area contributed by atoms with E-state index in [-0.39, 0.29) is 45.6 Å². The van der Waals surface area contributed by atoms with Crippen molar-refractivity contribution in [2.75, 3.05) is 20.3 Å². The van der Waals surface area contributed by atoms with Crippen molar-refractivity contribution in [3.8, 4) is 17.2 Å². The first-order valence-corrected chi connectivity index (χ1v) is 19.6. The summed E-state index contributed by atoms with van der Waals surface area (Å²) in [7, 11) is 1.26. The molecule has 63 heavy (non-hydrogen) atoms. The molecule has 7 rings (SSSR count). The van der Waals surface area contributed by atoms with Crippen LogP contribution >= 0.6 is 0 Å². The number of nitro groups is 1. The number of Topliss-reactive ketones (excluding diaryl/α,β-unsaturated/α-hetero) is 1. The molecule has 0 aromatic heterocycles. The van der Waals surface area contributed by atoms with E-state index in [0.29, 0.717) is 0 Å². The van der Waals surface area contributed by atoms with E-state index in [1.165, 1.54) is 38.3 Å². The number of ketones is 3. The number of hydrogen-bond acceptors (Lipinski definition) is 20. The van der Waals surface area contributed by atoms with Gasteiger partial charge in [-0.05, 0) is 24.6 Å². The van der Waals surface area contributed by atoms with Crippen molar-refractivity contribution < 1.29 is 93.7 Å². The van der Waals surface area contributed by atoms with E-state index < -0.39 is 156 Å². The Bertz CT molecular complexity index is 2350. The highest BCUT2D eigenvalue weighted by atomic mass is 16.7. The number of nitrogens with zero attached hydrogens (tertiary/aromatic N) is 1. The second-order valence-electron chi connectivity index (χ2n) is 15.7. The number of phenolic OH excluding ortho intramolecular Hbond substituents is 2. The second-order valence-corrected chi connectivity index (χ2v) is 15.7. The maximum absolute atomic E-state index is 14.0. The van der Waals surface area contributed by atoms with Crippen LogP contribution in [0.4, 0.5) is 10.5 Å². The maximum atomic E-state index is 14.0. The molecule has 3 aromatic carbocycles. The van der Waals surface area contributed by atoms with Crippen LogP contribution in [-0.2, 0) is 36.8 Å². The molecule has 1 amide bonds. The second kappa shape index (κ2) is 17.5. The highest BCUT2D eigenvalue weighted by Crippen LogP contribution is 2.52. The Kier molecular flexibility index (Phi) is 12.6. The lowest BCUT2D eigenvalue weighted by atomic mass is 9.72. The van der Waals surface area contributed by atoms with Crippen molar-refractivity contribution in [1.82, 2.24) is 5.32 Å². The summed E-state index contributed by atoms with van der Waals surface area (Å²) in [6.45, 7) is -1.21. The molecule has 3 aromatic rings. The van der Waals surface area contributed by atoms with Gasteiger partial charge in [0, 0.05) is 53.6 Å². The highest BCUT2D eigenvalue weighted by Gasteiger charge is 2.51. The van der Waals surface area contributed by atoms with E-state index in [1.54, 1.807) is 0 Å². The van der Waals surface area contributed by atoms with Gasteiger partial charge in [0.1, 0.15) is 72.7 Å². The van der Waals surface area contributed by atoms with Crippen LogP contribution in [-0.4, -0.2) is 149 Å². The quantitative estimate of drug-likeness (QED) is 0.0510. The molecule has 10 N–H and O–H groups in total. The molecule has 338 valence electrons. The molecule has 2 fully saturated rings. The van der Waals surface area contributed by atoms with Crippen molar-refractivity contribution >= 4 is 29.1 Å². The number of alkyl carbamates (subject to hydrolysis) is 1. The molecule has 0 saturated carbocycles. The number of hydrogen-bond donors (Lipinski definition) is 10. The molecule has 2 aliphatic carbocycles. The van der Waals surface area contributed by atoms with E-state index in [4.69, 9.17) is 23.7 Å². The van der Waals surface area contributed by atoms with Crippen LogP contribution in [0.1, 0.15) is 86.1 Å². The smallest absolute Gasteiger partial charge is 0.407 e. The molecule has 22 heteroatoms. The van der Waals surface area contributed by atoms with Crippen LogP contribution in [0.2, 0.25) is 0 Å². The first-order valence-electron chi connectivity index (χ1n) is 19.6. The fourth-order valence-electron chi connectivity index (χ4n) is 8.66. The number of carbonyl (C=O) groups excluding carboxylic acids is 4. The predicted octanol–water partition coefficient (Wildman–Crippen LogP) is -0.608. The molecule has 22 nitrogen and oxygen atoms in total. The lowest BCUT2D eigenvalue weighted by molar-refractivity contribution is -0.385. The number of aromatic hydroxyl groups is 2. The van der Waals surface area contributed by atoms with Gasteiger partial charge >= 0.3 is 6.09 Å². The fourth-order valence-corrected chi connectivity index (χ4v) is 8.66. The molecule has 2 aliphatic heterocycles. The molecular weight excluding hydrogens is 840 g/mol. The standard InChI is InChI=1S/C41H44N2O20/c1-15-31(47)21(42-40(55)60-14-16-8-17(43(57)58)6-7-18(16)39-38(54)37(53)34(50)24(12-44)63-39)9-26(61-15)62-23-11-41(56,25(46)13-45)10-20-28(23)36(52)30-29(33(20)49)32(48)19-4-3-5-22(59-2)27(19)35(30)51/h3-8,15,21,23-24,26,31,34,37-39,44-45,47,49-50,52-54,56H,9-14H2,1-2H3,(H,42,55)/t15?,21?,23-,24+,26?,31?,34-,37-,38+,39-,41-/m0/s1. The number of non-ortho nitro benzene ring substituents is 1. The Hall–Kier alpha value is -5.66. The molecule has 0 radical (unpaired) electrons. The summed E-state index contributed by atoms with van der Waals surface area (Å²) in [6.07, 6.45) is -16.6. The van der Waals surface area contributed by atoms with Crippen molar-refractivity contribution in [3.63, 3.8) is 0 Å². The number of methoxy groups -OCH3 is 1. The topological polar surface area (TPSA) is 352 Å².